The Morgan fingerprint density at radius 3 is 2.76 bits per heavy atom. The maximum absolute atomic E-state index is 11.7. The lowest BCUT2D eigenvalue weighted by atomic mass is 10.1. The molecule has 0 bridgehead atoms. The van der Waals surface area contributed by atoms with Crippen LogP contribution in [0.15, 0.2) is 42.6 Å². The number of methoxy groups -OCH3 is 1. The van der Waals surface area contributed by atoms with Gasteiger partial charge in [-0.2, -0.15) is 0 Å². The molecule has 0 saturated carbocycles. The number of aromatic nitrogens is 2. The number of hydrogen-bond donors (Lipinski definition) is 1. The lowest BCUT2D eigenvalue weighted by Crippen LogP contribution is -2.10. The number of benzene rings is 1. The van der Waals surface area contributed by atoms with Crippen LogP contribution in [0, 0.1) is 6.92 Å². The minimum absolute atomic E-state index is 0.234. The van der Waals surface area contributed by atoms with E-state index in [0.717, 1.165) is 22.2 Å². The minimum Gasteiger partial charge on any atom is -0.491 e. The fourth-order valence-electron chi connectivity index (χ4n) is 2.92. The topological polar surface area (TPSA) is 73.6 Å². The maximum atomic E-state index is 11.7. The molecule has 0 spiro atoms. The predicted molar refractivity (Wildman–Crippen MR) is 94.3 cm³/mol. The van der Waals surface area contributed by atoms with Crippen LogP contribution in [0.25, 0.3) is 10.9 Å². The van der Waals surface area contributed by atoms with Gasteiger partial charge in [0, 0.05) is 18.7 Å². The largest absolute Gasteiger partial charge is 0.491 e. The third-order valence-corrected chi connectivity index (χ3v) is 3.98. The molecule has 0 fully saturated rings. The summed E-state index contributed by atoms with van der Waals surface area (Å²) in [6, 6.07) is 11.1. The van der Waals surface area contributed by atoms with E-state index in [-0.39, 0.29) is 5.69 Å². The van der Waals surface area contributed by atoms with Crippen molar-refractivity contribution in [2.75, 3.05) is 20.3 Å². The Labute approximate surface area is 145 Å². The molecule has 1 N–H and O–H groups in total. The van der Waals surface area contributed by atoms with Gasteiger partial charge < -0.3 is 19.1 Å². The van der Waals surface area contributed by atoms with E-state index in [1.165, 1.54) is 0 Å². The lowest BCUT2D eigenvalue weighted by Gasteiger charge is -2.11. The standard InChI is InChI=1S/C19H20N2O4/c1-13-9-16(25-8-7-24-2)10-14-11-17(19(22)23)21(18(13)14)12-15-5-3-4-6-20-15/h3-6,9-11H,7-8,12H2,1-2H3,(H,22,23). The van der Waals surface area contributed by atoms with Crippen LogP contribution in [-0.4, -0.2) is 41.0 Å². The second-order valence-electron chi connectivity index (χ2n) is 5.76. The molecular weight excluding hydrogens is 320 g/mol. The molecule has 0 saturated heterocycles. The van der Waals surface area contributed by atoms with Gasteiger partial charge >= 0.3 is 5.97 Å². The second-order valence-corrected chi connectivity index (χ2v) is 5.76. The number of aromatic carboxylic acids is 1. The zero-order valence-electron chi connectivity index (χ0n) is 14.2. The van der Waals surface area contributed by atoms with E-state index in [4.69, 9.17) is 9.47 Å². The first-order valence-corrected chi connectivity index (χ1v) is 7.99. The Kier molecular flexibility index (Phi) is 5.00. The number of pyridine rings is 1. The number of aryl methyl sites for hydroxylation is 1. The summed E-state index contributed by atoms with van der Waals surface area (Å²) in [5.74, 6) is -0.262. The number of carboxylic acid groups (broad SMARTS) is 1. The first-order chi connectivity index (χ1) is 12.1. The van der Waals surface area contributed by atoms with Gasteiger partial charge in [-0.3, -0.25) is 4.98 Å². The summed E-state index contributed by atoms with van der Waals surface area (Å²) >= 11 is 0. The number of ether oxygens (including phenoxy) is 2. The summed E-state index contributed by atoms with van der Waals surface area (Å²) in [4.78, 5) is 16.0. The van der Waals surface area contributed by atoms with Crippen molar-refractivity contribution in [2.45, 2.75) is 13.5 Å². The van der Waals surface area contributed by atoms with Gasteiger partial charge in [-0.15, -0.1) is 0 Å². The monoisotopic (exact) mass is 340 g/mol. The molecule has 0 aliphatic carbocycles. The summed E-state index contributed by atoms with van der Waals surface area (Å²) in [6.45, 7) is 3.29. The summed E-state index contributed by atoms with van der Waals surface area (Å²) < 4.78 is 12.4. The van der Waals surface area contributed by atoms with E-state index in [9.17, 15) is 9.90 Å². The molecule has 3 aromatic rings. The van der Waals surface area contributed by atoms with E-state index in [1.807, 2.05) is 37.3 Å². The average Bonchev–Trinajstić information content (AvgIpc) is 2.95. The molecule has 0 aliphatic rings. The normalized spacial score (nSPS) is 11.0. The Morgan fingerprint density at radius 1 is 1.24 bits per heavy atom. The van der Waals surface area contributed by atoms with Crippen molar-refractivity contribution in [1.82, 2.24) is 9.55 Å². The zero-order chi connectivity index (χ0) is 17.8. The highest BCUT2D eigenvalue weighted by atomic mass is 16.5. The molecule has 0 unspecified atom stereocenters. The number of hydrogen-bond acceptors (Lipinski definition) is 4. The Morgan fingerprint density at radius 2 is 2.08 bits per heavy atom. The molecule has 25 heavy (non-hydrogen) atoms. The summed E-state index contributed by atoms with van der Waals surface area (Å²) in [7, 11) is 1.62. The Hall–Kier alpha value is -2.86. The van der Waals surface area contributed by atoms with Crippen molar-refractivity contribution in [3.8, 4) is 5.75 Å². The van der Waals surface area contributed by atoms with Crippen LogP contribution in [0.3, 0.4) is 0 Å². The van der Waals surface area contributed by atoms with Gasteiger partial charge in [0.25, 0.3) is 0 Å². The van der Waals surface area contributed by atoms with Crippen molar-refractivity contribution in [1.29, 1.82) is 0 Å². The fraction of sp³-hybridized carbons (Fsp3) is 0.263. The van der Waals surface area contributed by atoms with E-state index in [1.54, 1.807) is 23.9 Å². The average molecular weight is 340 g/mol. The number of rotatable bonds is 7. The number of carbonyl (C=O) groups is 1. The number of fused-ring (bicyclic) bond motifs is 1. The molecule has 2 aromatic heterocycles. The van der Waals surface area contributed by atoms with Gasteiger partial charge in [0.2, 0.25) is 0 Å². The SMILES string of the molecule is COCCOc1cc(C)c2c(c1)cc(C(=O)O)n2Cc1ccccn1. The minimum atomic E-state index is -0.964. The summed E-state index contributed by atoms with van der Waals surface area (Å²) in [5, 5.41) is 10.4. The van der Waals surface area contributed by atoms with Gasteiger partial charge in [-0.1, -0.05) is 6.07 Å². The van der Waals surface area contributed by atoms with Crippen LogP contribution in [-0.2, 0) is 11.3 Å². The molecule has 1 aromatic carbocycles. The molecule has 0 amide bonds. The predicted octanol–water partition coefficient (Wildman–Crippen LogP) is 3.12. The zero-order valence-corrected chi connectivity index (χ0v) is 14.2. The van der Waals surface area contributed by atoms with Gasteiger partial charge in [-0.25, -0.2) is 4.79 Å². The highest BCUT2D eigenvalue weighted by Gasteiger charge is 2.17. The molecule has 6 nitrogen and oxygen atoms in total. The quantitative estimate of drug-likeness (QED) is 0.669. The van der Waals surface area contributed by atoms with E-state index < -0.39 is 5.97 Å². The Balaban J connectivity index is 2.05. The molecule has 6 heteroatoms. The van der Waals surface area contributed by atoms with Gasteiger partial charge in [-0.05, 0) is 42.8 Å². The van der Waals surface area contributed by atoms with Gasteiger partial charge in [0.15, 0.2) is 0 Å². The lowest BCUT2D eigenvalue weighted by molar-refractivity contribution is 0.0686. The van der Waals surface area contributed by atoms with Crippen molar-refractivity contribution in [2.24, 2.45) is 0 Å². The van der Waals surface area contributed by atoms with Gasteiger partial charge in [0.05, 0.1) is 24.4 Å². The van der Waals surface area contributed by atoms with Crippen molar-refractivity contribution >= 4 is 16.9 Å². The highest BCUT2D eigenvalue weighted by molar-refractivity contribution is 5.96. The molecule has 0 radical (unpaired) electrons. The van der Waals surface area contributed by atoms with Crippen LogP contribution >= 0.6 is 0 Å². The third-order valence-electron chi connectivity index (χ3n) is 3.98. The molecule has 130 valence electrons. The Bertz CT molecular complexity index is 887. The summed E-state index contributed by atoms with van der Waals surface area (Å²) in [6.07, 6.45) is 1.70. The van der Waals surface area contributed by atoms with Crippen molar-refractivity contribution in [3.05, 3.63) is 59.5 Å². The van der Waals surface area contributed by atoms with Crippen LogP contribution < -0.4 is 4.74 Å². The van der Waals surface area contributed by atoms with E-state index in [0.29, 0.717) is 25.5 Å². The second kappa shape index (κ2) is 7.36. The van der Waals surface area contributed by atoms with Gasteiger partial charge in [0.1, 0.15) is 18.1 Å². The fourth-order valence-corrected chi connectivity index (χ4v) is 2.92. The molecular formula is C19H20N2O4. The number of nitrogens with zero attached hydrogens (tertiary/aromatic N) is 2. The smallest absolute Gasteiger partial charge is 0.352 e. The molecule has 3 rings (SSSR count). The third kappa shape index (κ3) is 3.64. The van der Waals surface area contributed by atoms with Crippen LogP contribution in [0.2, 0.25) is 0 Å². The van der Waals surface area contributed by atoms with Crippen LogP contribution in [0.1, 0.15) is 21.7 Å². The first kappa shape index (κ1) is 17.0. The van der Waals surface area contributed by atoms with Crippen LogP contribution in [0.5, 0.6) is 5.75 Å². The maximum Gasteiger partial charge on any atom is 0.352 e. The van der Waals surface area contributed by atoms with Crippen LogP contribution in [0.4, 0.5) is 0 Å². The van der Waals surface area contributed by atoms with Crippen molar-refractivity contribution < 1.29 is 19.4 Å². The highest BCUT2D eigenvalue weighted by Crippen LogP contribution is 2.29. The summed E-state index contributed by atoms with van der Waals surface area (Å²) in [5.41, 5.74) is 2.87. The molecule has 0 atom stereocenters. The number of carboxylic acids is 1. The van der Waals surface area contributed by atoms with Crippen molar-refractivity contribution in [3.63, 3.8) is 0 Å². The molecule has 0 aliphatic heterocycles. The van der Waals surface area contributed by atoms with E-state index >= 15 is 0 Å². The first-order valence-electron chi connectivity index (χ1n) is 7.99. The molecule has 2 heterocycles. The van der Waals surface area contributed by atoms with E-state index in [2.05, 4.69) is 4.98 Å².